The molecule has 1 amide bonds. The van der Waals surface area contributed by atoms with Crippen molar-refractivity contribution < 1.29 is 17.9 Å². The summed E-state index contributed by atoms with van der Waals surface area (Å²) >= 11 is 0. The number of sulfonamides is 1. The second-order valence-corrected chi connectivity index (χ2v) is 10.2. The van der Waals surface area contributed by atoms with E-state index in [1.807, 2.05) is 30.3 Å². The van der Waals surface area contributed by atoms with Crippen LogP contribution in [-0.2, 0) is 28.0 Å². The van der Waals surface area contributed by atoms with Crippen LogP contribution >= 0.6 is 0 Å². The van der Waals surface area contributed by atoms with Gasteiger partial charge in [0.25, 0.3) is 0 Å². The van der Waals surface area contributed by atoms with E-state index in [2.05, 4.69) is 20.7 Å². The largest absolute Gasteiger partial charge is 0.485 e. The lowest BCUT2D eigenvalue weighted by Crippen LogP contribution is -2.38. The zero-order valence-electron chi connectivity index (χ0n) is 19.0. The second kappa shape index (κ2) is 10.7. The van der Waals surface area contributed by atoms with Gasteiger partial charge in [-0.1, -0.05) is 37.5 Å². The first-order valence-corrected chi connectivity index (χ1v) is 12.7. The fourth-order valence-corrected chi connectivity index (χ4v) is 5.33. The maximum absolute atomic E-state index is 13.0. The molecule has 11 heteroatoms. The molecule has 0 aliphatic heterocycles. The number of nitrogens with zero attached hydrogens (tertiary/aromatic N) is 5. The van der Waals surface area contributed by atoms with Crippen LogP contribution in [0.3, 0.4) is 0 Å². The van der Waals surface area contributed by atoms with Crippen LogP contribution in [0.25, 0.3) is 0 Å². The lowest BCUT2D eigenvalue weighted by molar-refractivity contribution is -0.117. The molecule has 1 N–H and O–H groups in total. The SMILES string of the molecule is CN(C1CCCCC1)S(=O)(=O)c1ccc(NC(=O)Cn2nnc(COc3ccccc3)n2)cc1. The number of amides is 1. The van der Waals surface area contributed by atoms with Gasteiger partial charge in [-0.25, -0.2) is 8.42 Å². The summed E-state index contributed by atoms with van der Waals surface area (Å²) in [5.41, 5.74) is 0.483. The number of aromatic nitrogens is 4. The molecule has 2 aromatic carbocycles. The third-order valence-electron chi connectivity index (χ3n) is 5.79. The Kier molecular flexibility index (Phi) is 7.53. The number of benzene rings is 2. The van der Waals surface area contributed by atoms with Gasteiger partial charge in [-0.3, -0.25) is 4.79 Å². The van der Waals surface area contributed by atoms with Crippen molar-refractivity contribution in [3.05, 3.63) is 60.4 Å². The number of tetrazole rings is 1. The molecule has 4 rings (SSSR count). The second-order valence-electron chi connectivity index (χ2n) is 8.22. The molecule has 1 aliphatic carbocycles. The van der Waals surface area contributed by atoms with Crippen molar-refractivity contribution in [2.75, 3.05) is 12.4 Å². The van der Waals surface area contributed by atoms with E-state index in [1.165, 1.54) is 21.2 Å². The predicted octanol–water partition coefficient (Wildman–Crippen LogP) is 2.84. The minimum absolute atomic E-state index is 0.0382. The Morgan fingerprint density at radius 1 is 1.09 bits per heavy atom. The molecule has 0 saturated heterocycles. The van der Waals surface area contributed by atoms with Gasteiger partial charge in [0, 0.05) is 18.8 Å². The van der Waals surface area contributed by atoms with Crippen molar-refractivity contribution in [2.45, 2.75) is 56.2 Å². The zero-order chi connectivity index (χ0) is 24.0. The first kappa shape index (κ1) is 23.8. The Morgan fingerprint density at radius 3 is 2.50 bits per heavy atom. The van der Waals surface area contributed by atoms with E-state index in [-0.39, 0.29) is 30.0 Å². The van der Waals surface area contributed by atoms with E-state index in [0.29, 0.717) is 17.3 Å². The van der Waals surface area contributed by atoms with Crippen molar-refractivity contribution in [3.8, 4) is 5.75 Å². The number of nitrogens with one attached hydrogen (secondary N) is 1. The highest BCUT2D eigenvalue weighted by Gasteiger charge is 2.28. The number of para-hydroxylation sites is 1. The van der Waals surface area contributed by atoms with Gasteiger partial charge in [0.2, 0.25) is 21.8 Å². The molecule has 0 radical (unpaired) electrons. The topological polar surface area (TPSA) is 119 Å². The normalized spacial score (nSPS) is 14.8. The Balaban J connectivity index is 1.30. The summed E-state index contributed by atoms with van der Waals surface area (Å²) in [5, 5.41) is 14.6. The van der Waals surface area contributed by atoms with E-state index in [1.54, 1.807) is 19.2 Å². The summed E-state index contributed by atoms with van der Waals surface area (Å²) in [6.45, 7) is -0.000321. The van der Waals surface area contributed by atoms with E-state index in [0.717, 1.165) is 32.1 Å². The Morgan fingerprint density at radius 2 is 1.79 bits per heavy atom. The molecule has 10 nitrogen and oxygen atoms in total. The van der Waals surface area contributed by atoms with Gasteiger partial charge in [-0.2, -0.15) is 9.10 Å². The van der Waals surface area contributed by atoms with Gasteiger partial charge in [0.15, 0.2) is 6.61 Å². The average Bonchev–Trinajstić information content (AvgIpc) is 3.30. The molecule has 1 fully saturated rings. The van der Waals surface area contributed by atoms with Crippen molar-refractivity contribution in [1.82, 2.24) is 24.5 Å². The Hall–Kier alpha value is -3.31. The summed E-state index contributed by atoms with van der Waals surface area (Å²) in [6.07, 6.45) is 5.04. The van der Waals surface area contributed by atoms with Crippen molar-refractivity contribution in [2.24, 2.45) is 0 Å². The fourth-order valence-electron chi connectivity index (χ4n) is 3.91. The van der Waals surface area contributed by atoms with E-state index in [4.69, 9.17) is 4.74 Å². The minimum Gasteiger partial charge on any atom is -0.485 e. The van der Waals surface area contributed by atoms with Crippen LogP contribution in [0.4, 0.5) is 5.69 Å². The standard InChI is InChI=1S/C23H28N6O4S/c1-28(19-8-4-2-5-9-19)34(31,32)21-14-12-18(13-15-21)24-23(30)16-29-26-22(25-27-29)17-33-20-10-6-3-7-11-20/h3,6-7,10-15,19H,2,4-5,8-9,16-17H2,1H3,(H,24,30). The molecule has 180 valence electrons. The monoisotopic (exact) mass is 484 g/mol. The van der Waals surface area contributed by atoms with Gasteiger partial charge in [-0.05, 0) is 54.5 Å². The molecule has 3 aromatic rings. The smallest absolute Gasteiger partial charge is 0.248 e. The number of ether oxygens (including phenoxy) is 1. The van der Waals surface area contributed by atoms with Crippen LogP contribution in [0.5, 0.6) is 5.75 Å². The van der Waals surface area contributed by atoms with Gasteiger partial charge >= 0.3 is 0 Å². The highest BCUT2D eigenvalue weighted by Crippen LogP contribution is 2.27. The Bertz CT molecular complexity index is 1190. The van der Waals surface area contributed by atoms with E-state index < -0.39 is 10.0 Å². The van der Waals surface area contributed by atoms with Crippen LogP contribution < -0.4 is 10.1 Å². The maximum Gasteiger partial charge on any atom is 0.248 e. The number of rotatable bonds is 9. The van der Waals surface area contributed by atoms with Crippen molar-refractivity contribution >= 4 is 21.6 Å². The fraction of sp³-hybridized carbons (Fsp3) is 0.391. The molecule has 0 bridgehead atoms. The molecule has 1 aliphatic rings. The summed E-state index contributed by atoms with van der Waals surface area (Å²) in [6, 6.07) is 15.5. The number of hydrogen-bond acceptors (Lipinski definition) is 7. The summed E-state index contributed by atoms with van der Waals surface area (Å²) in [5.74, 6) is 0.683. The molecule has 1 heterocycles. The first-order valence-electron chi connectivity index (χ1n) is 11.2. The summed E-state index contributed by atoms with van der Waals surface area (Å²) in [7, 11) is -1.93. The molecule has 1 aromatic heterocycles. The van der Waals surface area contributed by atoms with Crippen LogP contribution in [0.2, 0.25) is 0 Å². The molecular weight excluding hydrogens is 456 g/mol. The lowest BCUT2D eigenvalue weighted by atomic mass is 9.96. The quantitative estimate of drug-likeness (QED) is 0.496. The molecule has 0 atom stereocenters. The zero-order valence-corrected chi connectivity index (χ0v) is 19.8. The minimum atomic E-state index is -3.58. The maximum atomic E-state index is 13.0. The molecular formula is C23H28N6O4S. The number of hydrogen-bond donors (Lipinski definition) is 1. The van der Waals surface area contributed by atoms with Gasteiger partial charge < -0.3 is 10.1 Å². The number of carbonyl (C=O) groups excluding carboxylic acids is 1. The summed E-state index contributed by atoms with van der Waals surface area (Å²) < 4.78 is 33.0. The molecule has 1 saturated carbocycles. The highest BCUT2D eigenvalue weighted by atomic mass is 32.2. The van der Waals surface area contributed by atoms with Crippen LogP contribution in [-0.4, -0.2) is 51.9 Å². The average molecular weight is 485 g/mol. The van der Waals surface area contributed by atoms with Crippen molar-refractivity contribution in [3.63, 3.8) is 0 Å². The molecule has 34 heavy (non-hydrogen) atoms. The number of anilines is 1. The van der Waals surface area contributed by atoms with Crippen LogP contribution in [0, 0.1) is 0 Å². The highest BCUT2D eigenvalue weighted by molar-refractivity contribution is 7.89. The van der Waals surface area contributed by atoms with Crippen LogP contribution in [0.1, 0.15) is 37.9 Å². The number of carbonyl (C=O) groups is 1. The third kappa shape index (κ3) is 5.97. The van der Waals surface area contributed by atoms with Gasteiger partial charge in [0.05, 0.1) is 4.90 Å². The third-order valence-corrected chi connectivity index (χ3v) is 7.72. The molecule has 0 spiro atoms. The lowest BCUT2D eigenvalue weighted by Gasteiger charge is -2.30. The summed E-state index contributed by atoms with van der Waals surface area (Å²) in [4.78, 5) is 13.8. The van der Waals surface area contributed by atoms with E-state index in [9.17, 15) is 13.2 Å². The Labute approximate surface area is 199 Å². The van der Waals surface area contributed by atoms with E-state index >= 15 is 0 Å². The van der Waals surface area contributed by atoms with Crippen molar-refractivity contribution in [1.29, 1.82) is 0 Å². The van der Waals surface area contributed by atoms with Gasteiger partial charge in [-0.15, -0.1) is 10.2 Å². The predicted molar refractivity (Wildman–Crippen MR) is 125 cm³/mol. The van der Waals surface area contributed by atoms with Gasteiger partial charge in [0.1, 0.15) is 12.3 Å². The van der Waals surface area contributed by atoms with Crippen LogP contribution in [0.15, 0.2) is 59.5 Å². The molecule has 0 unspecified atom stereocenters. The first-order chi connectivity index (χ1) is 16.4.